The van der Waals surface area contributed by atoms with Crippen molar-refractivity contribution in [3.63, 3.8) is 0 Å². The Hall–Kier alpha value is -2.34. The first-order valence-corrected chi connectivity index (χ1v) is 7.52. The zero-order valence-corrected chi connectivity index (χ0v) is 14.3. The maximum absolute atomic E-state index is 12.1. The second-order valence-electron chi connectivity index (χ2n) is 4.58. The molecular weight excluding hydrogens is 364 g/mol. The molecule has 120 valence electrons. The van der Waals surface area contributed by atoms with Gasteiger partial charge in [-0.05, 0) is 58.4 Å². The lowest BCUT2D eigenvalue weighted by Crippen LogP contribution is -2.12. The van der Waals surface area contributed by atoms with Crippen LogP contribution in [0.5, 0.6) is 11.5 Å². The van der Waals surface area contributed by atoms with E-state index in [-0.39, 0.29) is 12.4 Å². The monoisotopic (exact) mass is 378 g/mol. The van der Waals surface area contributed by atoms with Crippen LogP contribution in [0.1, 0.15) is 20.7 Å². The summed E-state index contributed by atoms with van der Waals surface area (Å²) in [6.07, 6.45) is 0. The lowest BCUT2D eigenvalue weighted by molar-refractivity contribution is 0.0600. The normalized spacial score (nSPS) is 10.0. The molecule has 0 fully saturated rings. The maximum atomic E-state index is 12.1. The molecule has 2 rings (SSSR count). The molecule has 2 aromatic carbocycles. The molecule has 0 heterocycles. The third-order valence-electron chi connectivity index (χ3n) is 3.12. The largest absolute Gasteiger partial charge is 0.497 e. The number of carbonyl (C=O) groups excluding carboxylic acids is 2. The summed E-state index contributed by atoms with van der Waals surface area (Å²) in [5, 5.41) is 0. The van der Waals surface area contributed by atoms with E-state index < -0.39 is 5.97 Å². The van der Waals surface area contributed by atoms with Crippen molar-refractivity contribution < 1.29 is 23.8 Å². The van der Waals surface area contributed by atoms with Crippen molar-refractivity contribution in [3.05, 3.63) is 58.1 Å². The summed E-state index contributed by atoms with van der Waals surface area (Å²) in [4.78, 5) is 23.5. The fourth-order valence-electron chi connectivity index (χ4n) is 1.87. The molecule has 0 aliphatic rings. The van der Waals surface area contributed by atoms with E-state index in [1.807, 2.05) is 0 Å². The molecule has 6 heteroatoms. The van der Waals surface area contributed by atoms with Gasteiger partial charge in [-0.15, -0.1) is 0 Å². The Morgan fingerprint density at radius 3 is 2.22 bits per heavy atom. The van der Waals surface area contributed by atoms with Crippen molar-refractivity contribution in [1.29, 1.82) is 0 Å². The highest BCUT2D eigenvalue weighted by molar-refractivity contribution is 9.10. The highest BCUT2D eigenvalue weighted by Gasteiger charge is 2.11. The number of halogens is 1. The summed E-state index contributed by atoms with van der Waals surface area (Å²) in [5.74, 6) is 0.561. The van der Waals surface area contributed by atoms with Gasteiger partial charge in [0, 0.05) is 5.56 Å². The summed E-state index contributed by atoms with van der Waals surface area (Å²) in [5.41, 5.74) is 0.932. The lowest BCUT2D eigenvalue weighted by Gasteiger charge is -2.09. The highest BCUT2D eigenvalue weighted by Crippen LogP contribution is 2.26. The molecule has 0 saturated heterocycles. The minimum absolute atomic E-state index is 0.109. The van der Waals surface area contributed by atoms with Gasteiger partial charge in [0.2, 0.25) is 0 Å². The van der Waals surface area contributed by atoms with E-state index in [0.29, 0.717) is 27.1 Å². The van der Waals surface area contributed by atoms with Gasteiger partial charge in [-0.2, -0.15) is 0 Å². The van der Waals surface area contributed by atoms with Gasteiger partial charge in [-0.1, -0.05) is 0 Å². The molecule has 0 unspecified atom stereocenters. The summed E-state index contributed by atoms with van der Waals surface area (Å²) in [6, 6.07) is 11.6. The topological polar surface area (TPSA) is 61.8 Å². The van der Waals surface area contributed by atoms with Crippen LogP contribution in [-0.2, 0) is 4.74 Å². The average molecular weight is 379 g/mol. The quantitative estimate of drug-likeness (QED) is 0.568. The molecule has 0 amide bonds. The van der Waals surface area contributed by atoms with Gasteiger partial charge in [-0.3, -0.25) is 4.79 Å². The second-order valence-corrected chi connectivity index (χ2v) is 5.43. The van der Waals surface area contributed by atoms with E-state index in [9.17, 15) is 9.59 Å². The van der Waals surface area contributed by atoms with Crippen LogP contribution < -0.4 is 9.47 Å². The molecule has 0 atom stereocenters. The number of esters is 1. The van der Waals surface area contributed by atoms with Crippen molar-refractivity contribution in [2.75, 3.05) is 20.8 Å². The smallest absolute Gasteiger partial charge is 0.337 e. The molecule has 0 bridgehead atoms. The van der Waals surface area contributed by atoms with Gasteiger partial charge in [0.25, 0.3) is 0 Å². The Morgan fingerprint density at radius 2 is 1.65 bits per heavy atom. The SMILES string of the molecule is COC(=O)c1ccc(OCC(=O)c2ccc(OC)cc2)c(Br)c1. The molecule has 0 aliphatic carbocycles. The van der Waals surface area contributed by atoms with E-state index in [1.165, 1.54) is 7.11 Å². The van der Waals surface area contributed by atoms with Crippen LogP contribution in [0.15, 0.2) is 46.9 Å². The van der Waals surface area contributed by atoms with Crippen molar-refractivity contribution in [3.8, 4) is 11.5 Å². The predicted octanol–water partition coefficient (Wildman–Crippen LogP) is 3.51. The fraction of sp³-hybridized carbons (Fsp3) is 0.176. The Labute approximate surface area is 142 Å². The third kappa shape index (κ3) is 4.32. The van der Waals surface area contributed by atoms with Gasteiger partial charge in [0.05, 0.1) is 24.3 Å². The number of methoxy groups -OCH3 is 2. The number of carbonyl (C=O) groups is 2. The lowest BCUT2D eigenvalue weighted by atomic mass is 10.1. The molecule has 0 saturated carbocycles. The predicted molar refractivity (Wildman–Crippen MR) is 88.3 cm³/mol. The van der Waals surface area contributed by atoms with Gasteiger partial charge < -0.3 is 14.2 Å². The number of ether oxygens (including phenoxy) is 3. The van der Waals surface area contributed by atoms with Gasteiger partial charge in [-0.25, -0.2) is 4.79 Å². The summed E-state index contributed by atoms with van der Waals surface area (Å²) in [6.45, 7) is -0.109. The highest BCUT2D eigenvalue weighted by atomic mass is 79.9. The molecular formula is C17H15BrO5. The number of hydrogen-bond acceptors (Lipinski definition) is 5. The van der Waals surface area contributed by atoms with Gasteiger partial charge in [0.15, 0.2) is 12.4 Å². The van der Waals surface area contributed by atoms with Crippen LogP contribution in [0.2, 0.25) is 0 Å². The summed E-state index contributed by atoms with van der Waals surface area (Å²) < 4.78 is 15.8. The number of Topliss-reactive ketones (excluding diaryl/α,β-unsaturated/α-hetero) is 1. The molecule has 0 N–H and O–H groups in total. The standard InChI is InChI=1S/C17H15BrO5/c1-21-13-6-3-11(4-7-13)15(19)10-23-16-8-5-12(9-14(16)18)17(20)22-2/h3-9H,10H2,1-2H3. The zero-order valence-electron chi connectivity index (χ0n) is 12.7. The fourth-order valence-corrected chi connectivity index (χ4v) is 2.36. The first kappa shape index (κ1) is 17.0. The average Bonchev–Trinajstić information content (AvgIpc) is 2.59. The van der Waals surface area contributed by atoms with Crippen LogP contribution in [0, 0.1) is 0 Å². The zero-order chi connectivity index (χ0) is 16.8. The van der Waals surface area contributed by atoms with Crippen LogP contribution in [0.4, 0.5) is 0 Å². The maximum Gasteiger partial charge on any atom is 0.337 e. The van der Waals surface area contributed by atoms with E-state index in [0.717, 1.165) is 0 Å². The van der Waals surface area contributed by atoms with E-state index in [4.69, 9.17) is 9.47 Å². The molecule has 0 radical (unpaired) electrons. The first-order chi connectivity index (χ1) is 11.0. The third-order valence-corrected chi connectivity index (χ3v) is 3.74. The number of hydrogen-bond donors (Lipinski definition) is 0. The summed E-state index contributed by atoms with van der Waals surface area (Å²) in [7, 11) is 2.88. The number of rotatable bonds is 6. The number of benzene rings is 2. The molecule has 23 heavy (non-hydrogen) atoms. The summed E-state index contributed by atoms with van der Waals surface area (Å²) >= 11 is 3.31. The first-order valence-electron chi connectivity index (χ1n) is 6.73. The number of ketones is 1. The Balaban J connectivity index is 2.02. The van der Waals surface area contributed by atoms with E-state index >= 15 is 0 Å². The Morgan fingerprint density at radius 1 is 1.00 bits per heavy atom. The van der Waals surface area contributed by atoms with Crippen LogP contribution in [-0.4, -0.2) is 32.6 Å². The molecule has 5 nitrogen and oxygen atoms in total. The van der Waals surface area contributed by atoms with Crippen molar-refractivity contribution in [2.24, 2.45) is 0 Å². The van der Waals surface area contributed by atoms with Gasteiger partial charge >= 0.3 is 5.97 Å². The van der Waals surface area contributed by atoms with E-state index in [2.05, 4.69) is 20.7 Å². The van der Waals surface area contributed by atoms with Crippen molar-refractivity contribution in [1.82, 2.24) is 0 Å². The van der Waals surface area contributed by atoms with Crippen LogP contribution >= 0.6 is 15.9 Å². The van der Waals surface area contributed by atoms with Crippen molar-refractivity contribution in [2.45, 2.75) is 0 Å². The van der Waals surface area contributed by atoms with Crippen molar-refractivity contribution >= 4 is 27.7 Å². The van der Waals surface area contributed by atoms with Crippen LogP contribution in [0.3, 0.4) is 0 Å². The Bertz CT molecular complexity index is 709. The van der Waals surface area contributed by atoms with Crippen LogP contribution in [0.25, 0.3) is 0 Å². The molecule has 0 aromatic heterocycles. The second kappa shape index (κ2) is 7.78. The van der Waals surface area contributed by atoms with Gasteiger partial charge in [0.1, 0.15) is 11.5 Å². The molecule has 0 spiro atoms. The van der Waals surface area contributed by atoms with E-state index in [1.54, 1.807) is 49.6 Å². The Kier molecular flexibility index (Phi) is 5.76. The molecule has 0 aliphatic heterocycles. The molecule has 2 aromatic rings. The minimum Gasteiger partial charge on any atom is -0.497 e. The minimum atomic E-state index is -0.438.